The second-order valence-electron chi connectivity index (χ2n) is 8.11. The number of anilines is 1. The standard InChI is InChI=1S/C26H22N4O3/c1-16-7-9-19-20(15-16)29-26(28-19)30-23(18-11-13-27-14-12-18)22(24(32)25(30)33)21(31)10-8-17-5-3-2-4-6-17/h2-7,9,11-15,23,32H,8,10H2,1H3,(H,28,29). The van der Waals surface area contributed by atoms with Gasteiger partial charge in [-0.05, 0) is 54.3 Å². The predicted octanol–water partition coefficient (Wildman–Crippen LogP) is 4.37. The summed E-state index contributed by atoms with van der Waals surface area (Å²) in [5.74, 6) is -1.19. The van der Waals surface area contributed by atoms with Gasteiger partial charge in [-0.1, -0.05) is 36.4 Å². The van der Waals surface area contributed by atoms with Gasteiger partial charge in [0, 0.05) is 18.8 Å². The van der Waals surface area contributed by atoms with Gasteiger partial charge in [-0.3, -0.25) is 19.5 Å². The molecular formula is C26H22N4O3. The van der Waals surface area contributed by atoms with Crippen molar-refractivity contribution in [2.45, 2.75) is 25.8 Å². The quantitative estimate of drug-likeness (QED) is 0.466. The highest BCUT2D eigenvalue weighted by Gasteiger charge is 2.45. The molecule has 0 aliphatic carbocycles. The lowest BCUT2D eigenvalue weighted by Crippen LogP contribution is -2.32. The van der Waals surface area contributed by atoms with Crippen molar-refractivity contribution in [1.82, 2.24) is 15.0 Å². The maximum atomic E-state index is 13.3. The normalized spacial score (nSPS) is 16.1. The van der Waals surface area contributed by atoms with Gasteiger partial charge < -0.3 is 10.1 Å². The Kier molecular flexibility index (Phi) is 5.22. The first-order valence-electron chi connectivity index (χ1n) is 10.7. The van der Waals surface area contributed by atoms with Crippen LogP contribution in [0.1, 0.15) is 29.2 Å². The number of rotatable bonds is 6. The smallest absolute Gasteiger partial charge is 0.296 e. The summed E-state index contributed by atoms with van der Waals surface area (Å²) in [5, 5.41) is 10.8. The molecule has 0 saturated heterocycles. The number of aromatic amines is 1. The Balaban J connectivity index is 1.54. The number of fused-ring (bicyclic) bond motifs is 1. The number of ketones is 1. The molecule has 1 unspecified atom stereocenters. The largest absolute Gasteiger partial charge is 0.503 e. The molecule has 0 bridgehead atoms. The number of Topliss-reactive ketones (excluding diaryl/α,β-unsaturated/α-hetero) is 1. The molecule has 0 radical (unpaired) electrons. The molecule has 164 valence electrons. The monoisotopic (exact) mass is 438 g/mol. The zero-order valence-corrected chi connectivity index (χ0v) is 18.0. The number of nitrogens with zero attached hydrogens (tertiary/aromatic N) is 3. The minimum Gasteiger partial charge on any atom is -0.503 e. The molecule has 1 aliphatic heterocycles. The van der Waals surface area contributed by atoms with Crippen molar-refractivity contribution in [3.05, 3.63) is 101 Å². The third-order valence-corrected chi connectivity index (χ3v) is 5.87. The lowest BCUT2D eigenvalue weighted by molar-refractivity contribution is -0.118. The van der Waals surface area contributed by atoms with E-state index in [-0.39, 0.29) is 23.7 Å². The number of pyridine rings is 1. The Morgan fingerprint density at radius 2 is 1.85 bits per heavy atom. The molecule has 7 nitrogen and oxygen atoms in total. The zero-order chi connectivity index (χ0) is 22.9. The van der Waals surface area contributed by atoms with Crippen LogP contribution in [0.25, 0.3) is 11.0 Å². The molecule has 4 aromatic rings. The van der Waals surface area contributed by atoms with Crippen molar-refractivity contribution in [1.29, 1.82) is 0 Å². The van der Waals surface area contributed by atoms with E-state index in [9.17, 15) is 14.7 Å². The van der Waals surface area contributed by atoms with Crippen LogP contribution < -0.4 is 4.90 Å². The van der Waals surface area contributed by atoms with E-state index in [1.165, 1.54) is 4.90 Å². The molecule has 2 N–H and O–H groups in total. The molecule has 3 heterocycles. The second kappa shape index (κ2) is 8.35. The third kappa shape index (κ3) is 3.78. The van der Waals surface area contributed by atoms with Crippen molar-refractivity contribution in [2.75, 3.05) is 4.90 Å². The highest BCUT2D eigenvalue weighted by Crippen LogP contribution is 2.40. The topological polar surface area (TPSA) is 99.2 Å². The second-order valence-corrected chi connectivity index (χ2v) is 8.11. The number of benzene rings is 2. The number of nitrogens with one attached hydrogen (secondary N) is 1. The molecule has 2 aromatic heterocycles. The van der Waals surface area contributed by atoms with Gasteiger partial charge >= 0.3 is 0 Å². The molecule has 5 rings (SSSR count). The van der Waals surface area contributed by atoms with Crippen molar-refractivity contribution >= 4 is 28.7 Å². The number of aliphatic hydroxyl groups excluding tert-OH is 1. The molecule has 2 aromatic carbocycles. The van der Waals surface area contributed by atoms with Crippen molar-refractivity contribution in [3.63, 3.8) is 0 Å². The Labute approximate surface area is 190 Å². The molecule has 1 amide bonds. The number of aliphatic hydroxyl groups is 1. The highest BCUT2D eigenvalue weighted by molar-refractivity contribution is 6.16. The van der Waals surface area contributed by atoms with Crippen molar-refractivity contribution < 1.29 is 14.7 Å². The SMILES string of the molecule is Cc1ccc2nc(N3C(=O)C(O)=C(C(=O)CCc4ccccc4)C3c3ccncc3)[nH]c2c1. The maximum absolute atomic E-state index is 13.3. The van der Waals surface area contributed by atoms with E-state index in [4.69, 9.17) is 0 Å². The van der Waals surface area contributed by atoms with Gasteiger partial charge in [0.1, 0.15) is 0 Å². The highest BCUT2D eigenvalue weighted by atomic mass is 16.3. The first-order valence-corrected chi connectivity index (χ1v) is 10.7. The van der Waals surface area contributed by atoms with Gasteiger partial charge in [0.2, 0.25) is 5.95 Å². The molecule has 0 saturated carbocycles. The van der Waals surface area contributed by atoms with E-state index in [1.807, 2.05) is 55.5 Å². The molecular weight excluding hydrogens is 416 g/mol. The average molecular weight is 438 g/mol. The Bertz CT molecular complexity index is 1380. The number of H-pyrrole nitrogens is 1. The number of carbonyl (C=O) groups is 2. The van der Waals surface area contributed by atoms with Gasteiger partial charge in [-0.2, -0.15) is 0 Å². The summed E-state index contributed by atoms with van der Waals surface area (Å²) in [6, 6.07) is 18.1. The summed E-state index contributed by atoms with van der Waals surface area (Å²) in [5.41, 5.74) is 4.28. The molecule has 0 fully saturated rings. The van der Waals surface area contributed by atoms with Crippen LogP contribution in [0.2, 0.25) is 0 Å². The minimum atomic E-state index is -0.801. The Hall–Kier alpha value is -4.26. The van der Waals surface area contributed by atoms with Crippen LogP contribution in [0, 0.1) is 6.92 Å². The predicted molar refractivity (Wildman–Crippen MR) is 125 cm³/mol. The Morgan fingerprint density at radius 3 is 2.61 bits per heavy atom. The van der Waals surface area contributed by atoms with E-state index in [0.717, 1.165) is 16.6 Å². The minimum absolute atomic E-state index is 0.0822. The van der Waals surface area contributed by atoms with Gasteiger partial charge in [0.15, 0.2) is 11.5 Å². The summed E-state index contributed by atoms with van der Waals surface area (Å²) in [4.78, 5) is 39.7. The summed E-state index contributed by atoms with van der Waals surface area (Å²) >= 11 is 0. The molecule has 7 heteroatoms. The summed E-state index contributed by atoms with van der Waals surface area (Å²) in [6.07, 6.45) is 3.88. The van der Waals surface area contributed by atoms with Crippen LogP contribution >= 0.6 is 0 Å². The Morgan fingerprint density at radius 1 is 1.09 bits per heavy atom. The summed E-state index contributed by atoms with van der Waals surface area (Å²) < 4.78 is 0. The maximum Gasteiger partial charge on any atom is 0.296 e. The molecule has 33 heavy (non-hydrogen) atoms. The number of imidazole rings is 1. The van der Waals surface area contributed by atoms with Crippen LogP contribution in [0.15, 0.2) is 84.4 Å². The van der Waals surface area contributed by atoms with Gasteiger partial charge in [-0.15, -0.1) is 0 Å². The van der Waals surface area contributed by atoms with E-state index in [1.54, 1.807) is 24.5 Å². The first kappa shape index (κ1) is 20.6. The van der Waals surface area contributed by atoms with E-state index < -0.39 is 17.7 Å². The summed E-state index contributed by atoms with van der Waals surface area (Å²) in [7, 11) is 0. The molecule has 0 spiro atoms. The van der Waals surface area contributed by atoms with Crippen LogP contribution in [0.3, 0.4) is 0 Å². The fraction of sp³-hybridized carbons (Fsp3) is 0.154. The van der Waals surface area contributed by atoms with E-state index in [0.29, 0.717) is 17.5 Å². The van der Waals surface area contributed by atoms with Gasteiger partial charge in [0.05, 0.1) is 22.6 Å². The first-order chi connectivity index (χ1) is 16.0. The van der Waals surface area contributed by atoms with Crippen LogP contribution in [0.5, 0.6) is 0 Å². The number of hydrogen-bond acceptors (Lipinski definition) is 5. The van der Waals surface area contributed by atoms with Crippen LogP contribution in [-0.4, -0.2) is 31.7 Å². The fourth-order valence-corrected chi connectivity index (χ4v) is 4.23. The van der Waals surface area contributed by atoms with Crippen molar-refractivity contribution in [2.24, 2.45) is 0 Å². The number of amides is 1. The van der Waals surface area contributed by atoms with Crippen molar-refractivity contribution in [3.8, 4) is 0 Å². The lowest BCUT2D eigenvalue weighted by atomic mass is 9.94. The molecule has 1 aliphatic rings. The lowest BCUT2D eigenvalue weighted by Gasteiger charge is -2.24. The number of aromatic nitrogens is 3. The van der Waals surface area contributed by atoms with Crippen LogP contribution in [0.4, 0.5) is 5.95 Å². The van der Waals surface area contributed by atoms with E-state index in [2.05, 4.69) is 15.0 Å². The van der Waals surface area contributed by atoms with Crippen LogP contribution in [-0.2, 0) is 16.0 Å². The van der Waals surface area contributed by atoms with Gasteiger partial charge in [0.25, 0.3) is 5.91 Å². The fourth-order valence-electron chi connectivity index (χ4n) is 4.23. The zero-order valence-electron chi connectivity index (χ0n) is 18.0. The third-order valence-electron chi connectivity index (χ3n) is 5.87. The molecule has 1 atom stereocenters. The average Bonchev–Trinajstić information content (AvgIpc) is 3.36. The number of carbonyl (C=O) groups excluding carboxylic acids is 2. The number of aryl methyl sites for hydroxylation is 2. The van der Waals surface area contributed by atoms with E-state index >= 15 is 0 Å². The summed E-state index contributed by atoms with van der Waals surface area (Å²) in [6.45, 7) is 1.97. The van der Waals surface area contributed by atoms with Gasteiger partial charge in [-0.25, -0.2) is 4.98 Å². The number of hydrogen-bond donors (Lipinski definition) is 2.